The number of nitrogens with zero attached hydrogens (tertiary/aromatic N) is 3. The summed E-state index contributed by atoms with van der Waals surface area (Å²) in [5.74, 6) is -0.907. The molecule has 2 fully saturated rings. The van der Waals surface area contributed by atoms with Crippen molar-refractivity contribution in [3.8, 4) is 0 Å². The number of epoxide rings is 2. The molecular formula is C30H49N3O9. The molecule has 1 aromatic heterocycles. The lowest BCUT2D eigenvalue weighted by molar-refractivity contribution is -0.160. The SMILES string of the molecule is CCCCCCCCC(=O)OCC(Cn1c(=O)n(CC2CO2)c(=O)n(CC2CO2)c1=O)OC(=O)CCCCCCCC. The zero-order valence-corrected chi connectivity index (χ0v) is 25.4. The minimum absolute atomic E-state index is 0.0131. The summed E-state index contributed by atoms with van der Waals surface area (Å²) in [6, 6.07) is 0. The number of ether oxygens (including phenoxy) is 4. The van der Waals surface area contributed by atoms with Crippen LogP contribution in [0.15, 0.2) is 14.4 Å². The largest absolute Gasteiger partial charge is 0.462 e. The molecule has 0 radical (unpaired) electrons. The summed E-state index contributed by atoms with van der Waals surface area (Å²) < 4.78 is 24.3. The van der Waals surface area contributed by atoms with Crippen LogP contribution < -0.4 is 17.1 Å². The number of esters is 2. The van der Waals surface area contributed by atoms with Crippen molar-refractivity contribution in [2.24, 2.45) is 0 Å². The highest BCUT2D eigenvalue weighted by Crippen LogP contribution is 2.12. The average Bonchev–Trinajstić information content (AvgIpc) is 3.90. The second kappa shape index (κ2) is 18.0. The molecule has 12 nitrogen and oxygen atoms in total. The third-order valence-electron chi connectivity index (χ3n) is 7.55. The van der Waals surface area contributed by atoms with Gasteiger partial charge in [0.1, 0.15) is 6.61 Å². The van der Waals surface area contributed by atoms with Gasteiger partial charge in [0.15, 0.2) is 6.10 Å². The first-order valence-corrected chi connectivity index (χ1v) is 15.9. The Balaban J connectivity index is 1.69. The van der Waals surface area contributed by atoms with Crippen molar-refractivity contribution in [2.45, 2.75) is 142 Å². The standard InChI is InChI=1S/C30H49N3O9/c1-3-5-7-9-11-13-15-26(34)41-22-25(42-27(35)16-14-12-10-8-6-4-2)19-33-29(37)31(17-23-20-39-23)28(36)32(30(33)38)18-24-21-40-24/h23-25H,3-22H2,1-2H3. The summed E-state index contributed by atoms with van der Waals surface area (Å²) in [5.41, 5.74) is -2.36. The van der Waals surface area contributed by atoms with Crippen molar-refractivity contribution >= 4 is 11.9 Å². The summed E-state index contributed by atoms with van der Waals surface area (Å²) in [4.78, 5) is 64.8. The summed E-state index contributed by atoms with van der Waals surface area (Å²) >= 11 is 0. The first-order chi connectivity index (χ1) is 20.3. The topological polar surface area (TPSA) is 144 Å². The monoisotopic (exact) mass is 595 g/mol. The van der Waals surface area contributed by atoms with Crippen molar-refractivity contribution < 1.29 is 28.5 Å². The van der Waals surface area contributed by atoms with Crippen LogP contribution in [0, 0.1) is 0 Å². The van der Waals surface area contributed by atoms with Gasteiger partial charge in [0.05, 0.1) is 45.1 Å². The van der Waals surface area contributed by atoms with Gasteiger partial charge in [-0.15, -0.1) is 0 Å². The van der Waals surface area contributed by atoms with Crippen molar-refractivity contribution in [3.05, 3.63) is 31.5 Å². The molecule has 0 amide bonds. The number of aromatic nitrogens is 3. The molecule has 3 unspecified atom stereocenters. The highest BCUT2D eigenvalue weighted by atomic mass is 16.6. The summed E-state index contributed by atoms with van der Waals surface area (Å²) in [6.07, 6.45) is 11.0. The van der Waals surface area contributed by atoms with Crippen molar-refractivity contribution in [2.75, 3.05) is 19.8 Å². The maximum atomic E-state index is 13.3. The minimum Gasteiger partial charge on any atom is -0.462 e. The third kappa shape index (κ3) is 11.9. The van der Waals surface area contributed by atoms with Crippen LogP contribution >= 0.6 is 0 Å². The first kappa shape index (κ1) is 33.8. The predicted octanol–water partition coefficient (Wildman–Crippen LogP) is 2.93. The Labute approximate surface area is 247 Å². The van der Waals surface area contributed by atoms with Crippen LogP contribution in [0.5, 0.6) is 0 Å². The molecule has 238 valence electrons. The second-order valence-electron chi connectivity index (χ2n) is 11.4. The molecule has 12 heteroatoms. The molecule has 3 rings (SSSR count). The van der Waals surface area contributed by atoms with Crippen molar-refractivity contribution in [3.63, 3.8) is 0 Å². The van der Waals surface area contributed by atoms with E-state index in [-0.39, 0.29) is 51.3 Å². The maximum absolute atomic E-state index is 13.3. The summed E-state index contributed by atoms with van der Waals surface area (Å²) in [6.45, 7) is 4.52. The van der Waals surface area contributed by atoms with E-state index in [1.807, 2.05) is 0 Å². The van der Waals surface area contributed by atoms with E-state index in [2.05, 4.69) is 13.8 Å². The number of carbonyl (C=O) groups excluding carboxylic acids is 2. The Hall–Kier alpha value is -2.73. The Kier molecular flexibility index (Phi) is 14.5. The van der Waals surface area contributed by atoms with Crippen LogP contribution in [-0.4, -0.2) is 63.8 Å². The van der Waals surface area contributed by atoms with Gasteiger partial charge in [-0.2, -0.15) is 0 Å². The molecule has 0 aliphatic carbocycles. The Morgan fingerprint density at radius 1 is 0.690 bits per heavy atom. The van der Waals surface area contributed by atoms with E-state index >= 15 is 0 Å². The Morgan fingerprint density at radius 2 is 1.12 bits per heavy atom. The van der Waals surface area contributed by atoms with E-state index in [1.165, 1.54) is 6.42 Å². The molecule has 3 heterocycles. The number of carbonyl (C=O) groups is 2. The second-order valence-corrected chi connectivity index (χ2v) is 11.4. The minimum atomic E-state index is -1.06. The number of unbranched alkanes of at least 4 members (excludes halogenated alkanes) is 10. The maximum Gasteiger partial charge on any atom is 0.336 e. The lowest BCUT2D eigenvalue weighted by Gasteiger charge is -2.20. The normalized spacial score (nSPS) is 18.0. The van der Waals surface area contributed by atoms with E-state index in [0.717, 1.165) is 71.5 Å². The van der Waals surface area contributed by atoms with Gasteiger partial charge in [-0.05, 0) is 12.8 Å². The molecule has 2 aliphatic rings. The molecular weight excluding hydrogens is 546 g/mol. The molecule has 0 aromatic carbocycles. The molecule has 42 heavy (non-hydrogen) atoms. The molecule has 2 aliphatic heterocycles. The number of hydrogen-bond acceptors (Lipinski definition) is 9. The fraction of sp³-hybridized carbons (Fsp3) is 0.833. The average molecular weight is 596 g/mol. The number of hydrogen-bond donors (Lipinski definition) is 0. The molecule has 1 aromatic rings. The Bertz CT molecular complexity index is 1110. The Morgan fingerprint density at radius 3 is 1.60 bits per heavy atom. The van der Waals surface area contributed by atoms with Crippen molar-refractivity contribution in [1.82, 2.24) is 13.7 Å². The van der Waals surface area contributed by atoms with E-state index in [4.69, 9.17) is 18.9 Å². The third-order valence-corrected chi connectivity index (χ3v) is 7.55. The van der Waals surface area contributed by atoms with Gasteiger partial charge in [0.25, 0.3) is 0 Å². The van der Waals surface area contributed by atoms with Gasteiger partial charge in [-0.25, -0.2) is 28.1 Å². The smallest absolute Gasteiger partial charge is 0.336 e. The van der Waals surface area contributed by atoms with Gasteiger partial charge in [-0.3, -0.25) is 9.59 Å². The quantitative estimate of drug-likeness (QED) is 0.106. The first-order valence-electron chi connectivity index (χ1n) is 15.9. The van der Waals surface area contributed by atoms with Gasteiger partial charge in [0.2, 0.25) is 0 Å². The zero-order chi connectivity index (χ0) is 30.3. The summed E-state index contributed by atoms with van der Waals surface area (Å²) in [7, 11) is 0. The highest BCUT2D eigenvalue weighted by molar-refractivity contribution is 5.70. The number of rotatable bonds is 23. The fourth-order valence-corrected chi connectivity index (χ4v) is 4.84. The lowest BCUT2D eigenvalue weighted by Crippen LogP contribution is -2.56. The van der Waals surface area contributed by atoms with Crippen LogP contribution in [0.4, 0.5) is 0 Å². The molecule has 0 spiro atoms. The van der Waals surface area contributed by atoms with Crippen molar-refractivity contribution in [1.29, 1.82) is 0 Å². The molecule has 0 bridgehead atoms. The van der Waals surface area contributed by atoms with Crippen LogP contribution in [0.1, 0.15) is 104 Å². The van der Waals surface area contributed by atoms with E-state index in [9.17, 15) is 24.0 Å². The van der Waals surface area contributed by atoms with Crippen LogP contribution in [0.2, 0.25) is 0 Å². The molecule has 0 saturated carbocycles. The van der Waals surface area contributed by atoms with Gasteiger partial charge in [-0.1, -0.05) is 78.1 Å². The van der Waals surface area contributed by atoms with Gasteiger partial charge >= 0.3 is 29.0 Å². The highest BCUT2D eigenvalue weighted by Gasteiger charge is 2.30. The molecule has 0 N–H and O–H groups in total. The molecule has 2 saturated heterocycles. The lowest BCUT2D eigenvalue weighted by atomic mass is 10.1. The van der Waals surface area contributed by atoms with Crippen LogP contribution in [0.3, 0.4) is 0 Å². The molecule has 3 atom stereocenters. The van der Waals surface area contributed by atoms with Crippen LogP contribution in [-0.2, 0) is 48.2 Å². The van der Waals surface area contributed by atoms with E-state index in [0.29, 0.717) is 26.1 Å². The van der Waals surface area contributed by atoms with Gasteiger partial charge < -0.3 is 18.9 Å². The predicted molar refractivity (Wildman–Crippen MR) is 156 cm³/mol. The van der Waals surface area contributed by atoms with E-state index in [1.54, 1.807) is 0 Å². The van der Waals surface area contributed by atoms with Gasteiger partial charge in [0, 0.05) is 12.8 Å². The van der Waals surface area contributed by atoms with Crippen LogP contribution in [0.25, 0.3) is 0 Å². The fourth-order valence-electron chi connectivity index (χ4n) is 4.84. The summed E-state index contributed by atoms with van der Waals surface area (Å²) in [5, 5.41) is 0. The zero-order valence-electron chi connectivity index (χ0n) is 25.4. The van der Waals surface area contributed by atoms with E-state index < -0.39 is 35.1 Å².